The molecule has 1 aliphatic carbocycles. The van der Waals surface area contributed by atoms with Crippen LogP contribution in [0.2, 0.25) is 0 Å². The second kappa shape index (κ2) is 5.17. The van der Waals surface area contributed by atoms with E-state index in [1.165, 1.54) is 11.1 Å². The first kappa shape index (κ1) is 12.4. The van der Waals surface area contributed by atoms with E-state index in [4.69, 9.17) is 0 Å². The zero-order valence-corrected chi connectivity index (χ0v) is 12.0. The van der Waals surface area contributed by atoms with Gasteiger partial charge in [-0.3, -0.25) is 4.79 Å². The molecule has 0 unspecified atom stereocenters. The smallest absolute Gasteiger partial charge is 0.251 e. The summed E-state index contributed by atoms with van der Waals surface area (Å²) < 4.78 is 0.926. The van der Waals surface area contributed by atoms with Gasteiger partial charge in [-0.05, 0) is 42.2 Å². The SMILES string of the molecule is O=C(NC1Cc2ccccc2C1)c1cccc(Br)c1. The molecule has 0 radical (unpaired) electrons. The van der Waals surface area contributed by atoms with E-state index in [-0.39, 0.29) is 11.9 Å². The van der Waals surface area contributed by atoms with E-state index in [1.54, 1.807) is 0 Å². The molecule has 1 N–H and O–H groups in total. The van der Waals surface area contributed by atoms with Crippen LogP contribution < -0.4 is 5.32 Å². The molecule has 3 heteroatoms. The predicted octanol–water partition coefficient (Wildman–Crippen LogP) is 3.35. The Hall–Kier alpha value is -1.61. The molecule has 2 aromatic rings. The van der Waals surface area contributed by atoms with Crippen LogP contribution in [0.5, 0.6) is 0 Å². The highest BCUT2D eigenvalue weighted by Gasteiger charge is 2.22. The summed E-state index contributed by atoms with van der Waals surface area (Å²) >= 11 is 3.39. The minimum atomic E-state index is -0.000828. The van der Waals surface area contributed by atoms with Gasteiger partial charge in [0.1, 0.15) is 0 Å². The summed E-state index contributed by atoms with van der Waals surface area (Å²) in [5.41, 5.74) is 3.40. The average molecular weight is 316 g/mol. The summed E-state index contributed by atoms with van der Waals surface area (Å²) in [5.74, 6) is -0.000828. The lowest BCUT2D eigenvalue weighted by atomic mass is 10.1. The summed E-state index contributed by atoms with van der Waals surface area (Å²) in [6.45, 7) is 0. The Morgan fingerprint density at radius 3 is 2.37 bits per heavy atom. The van der Waals surface area contributed by atoms with Gasteiger partial charge in [0, 0.05) is 16.1 Å². The molecule has 3 rings (SSSR count). The fraction of sp³-hybridized carbons (Fsp3) is 0.188. The van der Waals surface area contributed by atoms with Gasteiger partial charge >= 0.3 is 0 Å². The zero-order valence-electron chi connectivity index (χ0n) is 10.4. The largest absolute Gasteiger partial charge is 0.349 e. The number of hydrogen-bond acceptors (Lipinski definition) is 1. The number of carbonyl (C=O) groups excluding carboxylic acids is 1. The molecule has 0 heterocycles. The maximum Gasteiger partial charge on any atom is 0.251 e. The summed E-state index contributed by atoms with van der Waals surface area (Å²) in [5, 5.41) is 3.11. The number of benzene rings is 2. The van der Waals surface area contributed by atoms with Crippen LogP contribution in [0.4, 0.5) is 0 Å². The summed E-state index contributed by atoms with van der Waals surface area (Å²) in [6.07, 6.45) is 1.85. The Balaban J connectivity index is 1.69. The molecule has 96 valence electrons. The lowest BCUT2D eigenvalue weighted by molar-refractivity contribution is 0.0938. The van der Waals surface area contributed by atoms with Gasteiger partial charge in [0.05, 0.1) is 0 Å². The minimum Gasteiger partial charge on any atom is -0.349 e. The number of fused-ring (bicyclic) bond motifs is 1. The average Bonchev–Trinajstić information content (AvgIpc) is 2.80. The molecule has 1 amide bonds. The Morgan fingerprint density at radius 1 is 1.05 bits per heavy atom. The van der Waals surface area contributed by atoms with Gasteiger partial charge in [-0.1, -0.05) is 46.3 Å². The van der Waals surface area contributed by atoms with E-state index in [0.717, 1.165) is 17.3 Å². The lowest BCUT2D eigenvalue weighted by Gasteiger charge is -2.12. The van der Waals surface area contributed by atoms with E-state index in [1.807, 2.05) is 24.3 Å². The molecule has 0 bridgehead atoms. The number of nitrogens with one attached hydrogen (secondary N) is 1. The van der Waals surface area contributed by atoms with E-state index >= 15 is 0 Å². The van der Waals surface area contributed by atoms with Crippen molar-refractivity contribution in [3.63, 3.8) is 0 Å². The number of rotatable bonds is 2. The molecule has 2 nitrogen and oxygen atoms in total. The van der Waals surface area contributed by atoms with Crippen molar-refractivity contribution in [2.24, 2.45) is 0 Å². The van der Waals surface area contributed by atoms with Crippen LogP contribution in [0, 0.1) is 0 Å². The zero-order chi connectivity index (χ0) is 13.2. The van der Waals surface area contributed by atoms with Crippen molar-refractivity contribution >= 4 is 21.8 Å². The van der Waals surface area contributed by atoms with Crippen molar-refractivity contribution in [3.8, 4) is 0 Å². The number of carbonyl (C=O) groups is 1. The molecule has 0 saturated heterocycles. The van der Waals surface area contributed by atoms with E-state index < -0.39 is 0 Å². The van der Waals surface area contributed by atoms with Gasteiger partial charge in [-0.2, -0.15) is 0 Å². The summed E-state index contributed by atoms with van der Waals surface area (Å²) in [4.78, 5) is 12.2. The minimum absolute atomic E-state index is 0.000828. The fourth-order valence-electron chi connectivity index (χ4n) is 2.56. The molecule has 0 aliphatic heterocycles. The van der Waals surface area contributed by atoms with Crippen molar-refractivity contribution in [2.75, 3.05) is 0 Å². The molecule has 19 heavy (non-hydrogen) atoms. The Bertz CT molecular complexity index is 599. The highest BCUT2D eigenvalue weighted by Crippen LogP contribution is 2.22. The molecule has 0 aromatic heterocycles. The first-order chi connectivity index (χ1) is 9.22. The molecule has 0 saturated carbocycles. The number of hydrogen-bond donors (Lipinski definition) is 1. The van der Waals surface area contributed by atoms with Gasteiger partial charge in [0.2, 0.25) is 0 Å². The maximum absolute atomic E-state index is 12.2. The van der Waals surface area contributed by atoms with Crippen molar-refractivity contribution in [1.82, 2.24) is 5.32 Å². The Kier molecular flexibility index (Phi) is 3.38. The van der Waals surface area contributed by atoms with E-state index in [0.29, 0.717) is 5.56 Å². The number of halogens is 1. The summed E-state index contributed by atoms with van der Waals surface area (Å²) in [6, 6.07) is 16.1. The molecule has 1 aliphatic rings. The first-order valence-electron chi connectivity index (χ1n) is 6.35. The molecule has 0 atom stereocenters. The van der Waals surface area contributed by atoms with Gasteiger partial charge in [-0.15, -0.1) is 0 Å². The Morgan fingerprint density at radius 2 is 1.74 bits per heavy atom. The third kappa shape index (κ3) is 2.71. The third-order valence-corrected chi connectivity index (χ3v) is 3.97. The highest BCUT2D eigenvalue weighted by atomic mass is 79.9. The van der Waals surface area contributed by atoms with Crippen LogP contribution >= 0.6 is 15.9 Å². The standard InChI is InChI=1S/C16H14BrNO/c17-14-7-3-6-13(8-14)16(19)18-15-9-11-4-1-2-5-12(11)10-15/h1-8,15H,9-10H2,(H,18,19). The van der Waals surface area contributed by atoms with Gasteiger partial charge in [-0.25, -0.2) is 0 Å². The van der Waals surface area contributed by atoms with Crippen LogP contribution in [-0.4, -0.2) is 11.9 Å². The van der Waals surface area contributed by atoms with Crippen LogP contribution in [-0.2, 0) is 12.8 Å². The fourth-order valence-corrected chi connectivity index (χ4v) is 2.96. The van der Waals surface area contributed by atoms with Crippen LogP contribution in [0.25, 0.3) is 0 Å². The first-order valence-corrected chi connectivity index (χ1v) is 7.15. The van der Waals surface area contributed by atoms with E-state index in [2.05, 4.69) is 45.5 Å². The second-order valence-electron chi connectivity index (χ2n) is 4.86. The Labute approximate surface area is 121 Å². The van der Waals surface area contributed by atoms with Gasteiger partial charge in [0.25, 0.3) is 5.91 Å². The van der Waals surface area contributed by atoms with Gasteiger partial charge < -0.3 is 5.32 Å². The van der Waals surface area contributed by atoms with Crippen LogP contribution in [0.3, 0.4) is 0 Å². The molecule has 0 spiro atoms. The van der Waals surface area contributed by atoms with Crippen molar-refractivity contribution in [2.45, 2.75) is 18.9 Å². The second-order valence-corrected chi connectivity index (χ2v) is 5.77. The topological polar surface area (TPSA) is 29.1 Å². The highest BCUT2D eigenvalue weighted by molar-refractivity contribution is 9.10. The molecular formula is C16H14BrNO. The van der Waals surface area contributed by atoms with Crippen molar-refractivity contribution < 1.29 is 4.79 Å². The van der Waals surface area contributed by atoms with Crippen molar-refractivity contribution in [1.29, 1.82) is 0 Å². The molecule has 2 aromatic carbocycles. The normalized spacial score (nSPS) is 14.2. The third-order valence-electron chi connectivity index (χ3n) is 3.47. The monoisotopic (exact) mass is 315 g/mol. The predicted molar refractivity (Wildman–Crippen MR) is 79.2 cm³/mol. The van der Waals surface area contributed by atoms with Gasteiger partial charge in [0.15, 0.2) is 0 Å². The quantitative estimate of drug-likeness (QED) is 0.904. The lowest BCUT2D eigenvalue weighted by Crippen LogP contribution is -2.35. The number of amides is 1. The maximum atomic E-state index is 12.2. The van der Waals surface area contributed by atoms with E-state index in [9.17, 15) is 4.79 Å². The van der Waals surface area contributed by atoms with Crippen LogP contribution in [0.1, 0.15) is 21.5 Å². The molecular weight excluding hydrogens is 302 g/mol. The van der Waals surface area contributed by atoms with Crippen molar-refractivity contribution in [3.05, 3.63) is 69.7 Å². The molecule has 0 fully saturated rings. The summed E-state index contributed by atoms with van der Waals surface area (Å²) in [7, 11) is 0. The van der Waals surface area contributed by atoms with Crippen LogP contribution in [0.15, 0.2) is 53.0 Å².